The standard InChI is InChI=1S/C20H39N5O6S/c1-4-12(2)16(25-17(27)13(22)7-5-6-9-21)19(29)23-14(8-10-32-3)18(28)24-15(11-26)20(30)31/h12-16,26H,4-11,21-22H2,1-3H3,(H,23,29)(H,24,28)(H,25,27)(H,30,31). The van der Waals surface area contributed by atoms with Crippen LogP contribution in [0.15, 0.2) is 0 Å². The van der Waals surface area contributed by atoms with Gasteiger partial charge in [0.1, 0.15) is 18.1 Å². The van der Waals surface area contributed by atoms with E-state index in [4.69, 9.17) is 21.7 Å². The quantitative estimate of drug-likeness (QED) is 0.125. The van der Waals surface area contributed by atoms with Gasteiger partial charge < -0.3 is 37.6 Å². The second-order valence-electron chi connectivity index (χ2n) is 7.69. The van der Waals surface area contributed by atoms with Crippen LogP contribution in [0.2, 0.25) is 0 Å². The molecule has 3 amide bonds. The lowest BCUT2D eigenvalue weighted by molar-refractivity contribution is -0.143. The van der Waals surface area contributed by atoms with Crippen molar-refractivity contribution in [1.82, 2.24) is 16.0 Å². The molecular formula is C20H39N5O6S. The Hall–Kier alpha value is -1.89. The van der Waals surface area contributed by atoms with Crippen molar-refractivity contribution in [1.29, 1.82) is 0 Å². The van der Waals surface area contributed by atoms with E-state index in [2.05, 4.69) is 16.0 Å². The molecule has 0 aliphatic carbocycles. The van der Waals surface area contributed by atoms with Gasteiger partial charge in [-0.25, -0.2) is 4.79 Å². The molecule has 0 bridgehead atoms. The van der Waals surface area contributed by atoms with Gasteiger partial charge in [-0.3, -0.25) is 14.4 Å². The number of hydrogen-bond acceptors (Lipinski definition) is 8. The van der Waals surface area contributed by atoms with Crippen LogP contribution >= 0.6 is 11.8 Å². The van der Waals surface area contributed by atoms with Crippen LogP contribution in [-0.4, -0.2) is 83.2 Å². The van der Waals surface area contributed by atoms with Crippen LogP contribution in [0.5, 0.6) is 0 Å². The Morgan fingerprint density at radius 1 is 0.969 bits per heavy atom. The maximum Gasteiger partial charge on any atom is 0.328 e. The summed E-state index contributed by atoms with van der Waals surface area (Å²) in [4.78, 5) is 49.2. The van der Waals surface area contributed by atoms with Gasteiger partial charge in [0.15, 0.2) is 0 Å². The zero-order chi connectivity index (χ0) is 24.7. The highest BCUT2D eigenvalue weighted by atomic mass is 32.2. The van der Waals surface area contributed by atoms with E-state index in [0.29, 0.717) is 31.6 Å². The number of thioether (sulfide) groups is 1. The molecule has 0 aromatic heterocycles. The summed E-state index contributed by atoms with van der Waals surface area (Å²) in [5, 5.41) is 25.7. The molecule has 12 heteroatoms. The van der Waals surface area contributed by atoms with E-state index < -0.39 is 54.5 Å². The summed E-state index contributed by atoms with van der Waals surface area (Å²) in [5.74, 6) is -2.83. The molecule has 5 atom stereocenters. The predicted molar refractivity (Wildman–Crippen MR) is 124 cm³/mol. The summed E-state index contributed by atoms with van der Waals surface area (Å²) < 4.78 is 0. The fraction of sp³-hybridized carbons (Fsp3) is 0.800. The van der Waals surface area contributed by atoms with Gasteiger partial charge in [-0.2, -0.15) is 11.8 Å². The molecule has 0 fully saturated rings. The number of aliphatic hydroxyl groups is 1. The minimum absolute atomic E-state index is 0.233. The lowest BCUT2D eigenvalue weighted by Gasteiger charge is -2.28. The van der Waals surface area contributed by atoms with Crippen LogP contribution in [0.1, 0.15) is 46.0 Å². The molecule has 0 spiro atoms. The number of nitrogens with one attached hydrogen (secondary N) is 3. The molecule has 0 aromatic rings. The Labute approximate surface area is 193 Å². The summed E-state index contributed by atoms with van der Waals surface area (Å²) in [6.07, 6.45) is 4.54. The van der Waals surface area contributed by atoms with Crippen LogP contribution in [0.4, 0.5) is 0 Å². The van der Waals surface area contributed by atoms with Gasteiger partial charge >= 0.3 is 5.97 Å². The average molecular weight is 478 g/mol. The Bertz CT molecular complexity index is 609. The van der Waals surface area contributed by atoms with Gasteiger partial charge in [-0.1, -0.05) is 26.7 Å². The van der Waals surface area contributed by atoms with E-state index in [0.717, 1.165) is 6.42 Å². The van der Waals surface area contributed by atoms with Gasteiger partial charge in [0.25, 0.3) is 0 Å². The highest BCUT2D eigenvalue weighted by Gasteiger charge is 2.32. The van der Waals surface area contributed by atoms with E-state index in [-0.39, 0.29) is 12.3 Å². The maximum atomic E-state index is 13.0. The van der Waals surface area contributed by atoms with Crippen molar-refractivity contribution in [3.63, 3.8) is 0 Å². The highest BCUT2D eigenvalue weighted by molar-refractivity contribution is 7.98. The van der Waals surface area contributed by atoms with Crippen molar-refractivity contribution in [2.45, 2.75) is 70.1 Å². The van der Waals surface area contributed by atoms with Crippen molar-refractivity contribution in [2.24, 2.45) is 17.4 Å². The topological polar surface area (TPSA) is 197 Å². The Morgan fingerprint density at radius 3 is 2.09 bits per heavy atom. The third-order valence-electron chi connectivity index (χ3n) is 5.14. The number of amides is 3. The fourth-order valence-corrected chi connectivity index (χ4v) is 3.30. The van der Waals surface area contributed by atoms with Gasteiger partial charge in [0.05, 0.1) is 12.6 Å². The fourth-order valence-electron chi connectivity index (χ4n) is 2.83. The number of aliphatic carboxylic acids is 1. The molecule has 0 radical (unpaired) electrons. The molecule has 186 valence electrons. The second-order valence-corrected chi connectivity index (χ2v) is 8.67. The van der Waals surface area contributed by atoms with Gasteiger partial charge in [0, 0.05) is 0 Å². The molecule has 5 unspecified atom stereocenters. The SMILES string of the molecule is CCC(C)C(NC(=O)C(N)CCCCN)C(=O)NC(CCSC)C(=O)NC(CO)C(=O)O. The van der Waals surface area contributed by atoms with Crippen molar-refractivity contribution >= 4 is 35.5 Å². The number of nitrogens with two attached hydrogens (primary N) is 2. The van der Waals surface area contributed by atoms with E-state index in [9.17, 15) is 19.2 Å². The van der Waals surface area contributed by atoms with E-state index in [1.807, 2.05) is 13.2 Å². The van der Waals surface area contributed by atoms with Crippen LogP contribution in [0.3, 0.4) is 0 Å². The zero-order valence-electron chi connectivity index (χ0n) is 19.1. The number of aliphatic hydroxyl groups excluding tert-OH is 1. The molecule has 0 aliphatic heterocycles. The number of carboxylic acids is 1. The first-order valence-corrected chi connectivity index (χ1v) is 12.2. The summed E-state index contributed by atoms with van der Waals surface area (Å²) in [6, 6.07) is -4.19. The number of carbonyl (C=O) groups is 4. The summed E-state index contributed by atoms with van der Waals surface area (Å²) in [7, 11) is 0. The smallest absolute Gasteiger partial charge is 0.328 e. The Morgan fingerprint density at radius 2 is 1.59 bits per heavy atom. The summed E-state index contributed by atoms with van der Waals surface area (Å²) in [5.41, 5.74) is 11.4. The molecule has 0 heterocycles. The van der Waals surface area contributed by atoms with E-state index in [1.54, 1.807) is 6.92 Å². The van der Waals surface area contributed by atoms with Crippen molar-refractivity contribution in [3.05, 3.63) is 0 Å². The van der Waals surface area contributed by atoms with Crippen molar-refractivity contribution < 1.29 is 29.4 Å². The highest BCUT2D eigenvalue weighted by Crippen LogP contribution is 2.11. The molecule has 0 aromatic carbocycles. The van der Waals surface area contributed by atoms with Crippen LogP contribution in [0.25, 0.3) is 0 Å². The normalized spacial score (nSPS) is 15.7. The summed E-state index contributed by atoms with van der Waals surface area (Å²) in [6.45, 7) is 3.39. The van der Waals surface area contributed by atoms with Crippen LogP contribution in [-0.2, 0) is 19.2 Å². The third kappa shape index (κ3) is 11.1. The molecule has 32 heavy (non-hydrogen) atoms. The van der Waals surface area contributed by atoms with Crippen molar-refractivity contribution in [3.8, 4) is 0 Å². The lowest BCUT2D eigenvalue weighted by atomic mass is 9.97. The number of rotatable bonds is 17. The lowest BCUT2D eigenvalue weighted by Crippen LogP contribution is -2.59. The Balaban J connectivity index is 5.33. The van der Waals surface area contributed by atoms with Gasteiger partial charge in [-0.15, -0.1) is 0 Å². The van der Waals surface area contributed by atoms with Crippen LogP contribution in [0, 0.1) is 5.92 Å². The van der Waals surface area contributed by atoms with Gasteiger partial charge in [0.2, 0.25) is 17.7 Å². The average Bonchev–Trinajstić information content (AvgIpc) is 2.77. The zero-order valence-corrected chi connectivity index (χ0v) is 20.0. The van der Waals surface area contributed by atoms with Gasteiger partial charge in [-0.05, 0) is 43.7 Å². The molecule has 9 N–H and O–H groups in total. The number of carbonyl (C=O) groups excluding carboxylic acids is 3. The number of hydrogen-bond donors (Lipinski definition) is 7. The van der Waals surface area contributed by atoms with Crippen molar-refractivity contribution in [2.75, 3.05) is 25.2 Å². The van der Waals surface area contributed by atoms with Crippen LogP contribution < -0.4 is 27.4 Å². The predicted octanol–water partition coefficient (Wildman–Crippen LogP) is -1.23. The molecular weight excluding hydrogens is 438 g/mol. The largest absolute Gasteiger partial charge is 0.480 e. The Kier molecular flexibility index (Phi) is 15.7. The monoisotopic (exact) mass is 477 g/mol. The minimum Gasteiger partial charge on any atom is -0.480 e. The first-order valence-electron chi connectivity index (χ1n) is 10.8. The van der Waals surface area contributed by atoms with E-state index >= 15 is 0 Å². The van der Waals surface area contributed by atoms with E-state index in [1.165, 1.54) is 11.8 Å². The number of carboxylic acid groups (broad SMARTS) is 1. The molecule has 11 nitrogen and oxygen atoms in total. The molecule has 0 aliphatic rings. The number of unbranched alkanes of at least 4 members (excludes halogenated alkanes) is 1. The minimum atomic E-state index is -1.48. The molecule has 0 saturated heterocycles. The third-order valence-corrected chi connectivity index (χ3v) is 5.78. The first kappa shape index (κ1) is 30.1. The molecule has 0 saturated carbocycles. The maximum absolute atomic E-state index is 13.0. The first-order chi connectivity index (χ1) is 15.1. The second kappa shape index (κ2) is 16.7. The molecule has 0 rings (SSSR count). The summed E-state index contributed by atoms with van der Waals surface area (Å²) >= 11 is 1.46.